The van der Waals surface area contributed by atoms with Crippen LogP contribution in [0.3, 0.4) is 0 Å². The molecule has 0 spiro atoms. The smallest absolute Gasteiger partial charge is 0.0299 e. The molecule has 1 N–H and O–H groups in total. The highest BCUT2D eigenvalue weighted by Gasteiger charge is 1.96. The first kappa shape index (κ1) is 13.9. The molecule has 1 aromatic rings. The molecule has 0 bridgehead atoms. The molecule has 1 nitrogen and oxygen atoms in total. The van der Waals surface area contributed by atoms with Gasteiger partial charge < -0.3 is 5.32 Å². The molecule has 82 valence electrons. The Morgan fingerprint density at radius 1 is 1.36 bits per heavy atom. The Morgan fingerprint density at radius 3 is 2.57 bits per heavy atom. The quantitative estimate of drug-likeness (QED) is 0.767. The largest absolute Gasteiger partial charge is 0.312 e. The van der Waals surface area contributed by atoms with Gasteiger partial charge >= 0.3 is 0 Å². The summed E-state index contributed by atoms with van der Waals surface area (Å²) in [6.07, 6.45) is 1.27. The number of hydrogen-bond donors (Lipinski definition) is 1. The van der Waals surface area contributed by atoms with Gasteiger partial charge in [-0.2, -0.15) is 0 Å². The van der Waals surface area contributed by atoms with Crippen LogP contribution in [0.5, 0.6) is 0 Å². The summed E-state index contributed by atoms with van der Waals surface area (Å²) in [6, 6.07) is 4.40. The maximum absolute atomic E-state index is 3.46. The van der Waals surface area contributed by atoms with Gasteiger partial charge in [-0.15, -0.1) is 23.7 Å². The molecule has 1 rings (SSSR count). The van der Waals surface area contributed by atoms with E-state index in [0.29, 0.717) is 0 Å². The zero-order chi connectivity index (χ0) is 9.68. The molecule has 0 aromatic carbocycles. The molecule has 0 aliphatic heterocycles. The van der Waals surface area contributed by atoms with Crippen molar-refractivity contribution in [2.75, 3.05) is 6.54 Å². The van der Waals surface area contributed by atoms with E-state index in [0.717, 1.165) is 19.0 Å². The third kappa shape index (κ3) is 5.63. The molecule has 1 heterocycles. The standard InChI is InChI=1S/C11H19NS.ClH/c1-9(2)6-7-12-8-11-5-4-10(3)13-11;/h4-5,9,12H,6-8H2,1-3H3;1H. The summed E-state index contributed by atoms with van der Waals surface area (Å²) in [7, 11) is 0. The summed E-state index contributed by atoms with van der Waals surface area (Å²) in [5, 5.41) is 3.46. The Labute approximate surface area is 97.3 Å². The van der Waals surface area contributed by atoms with Crippen molar-refractivity contribution < 1.29 is 0 Å². The maximum atomic E-state index is 3.46. The van der Waals surface area contributed by atoms with Crippen LogP contribution in [0, 0.1) is 12.8 Å². The Bertz CT molecular complexity index is 245. The molecule has 0 atom stereocenters. The number of rotatable bonds is 5. The van der Waals surface area contributed by atoms with Crippen molar-refractivity contribution in [1.82, 2.24) is 5.32 Å². The van der Waals surface area contributed by atoms with Gasteiger partial charge in [0.05, 0.1) is 0 Å². The van der Waals surface area contributed by atoms with E-state index in [1.165, 1.54) is 16.2 Å². The topological polar surface area (TPSA) is 12.0 Å². The van der Waals surface area contributed by atoms with Gasteiger partial charge in [-0.3, -0.25) is 0 Å². The first-order valence-electron chi connectivity index (χ1n) is 4.94. The highest BCUT2D eigenvalue weighted by molar-refractivity contribution is 7.11. The van der Waals surface area contributed by atoms with Crippen molar-refractivity contribution in [1.29, 1.82) is 0 Å². The van der Waals surface area contributed by atoms with Crippen LogP contribution >= 0.6 is 23.7 Å². The van der Waals surface area contributed by atoms with Crippen LogP contribution in [-0.4, -0.2) is 6.54 Å². The van der Waals surface area contributed by atoms with Crippen LogP contribution in [0.4, 0.5) is 0 Å². The lowest BCUT2D eigenvalue weighted by atomic mass is 10.1. The zero-order valence-corrected chi connectivity index (χ0v) is 10.8. The first-order valence-corrected chi connectivity index (χ1v) is 5.76. The minimum absolute atomic E-state index is 0. The van der Waals surface area contributed by atoms with Crippen molar-refractivity contribution in [2.24, 2.45) is 5.92 Å². The van der Waals surface area contributed by atoms with Gasteiger partial charge in [0.2, 0.25) is 0 Å². The number of halogens is 1. The van der Waals surface area contributed by atoms with E-state index in [4.69, 9.17) is 0 Å². The normalized spacial score (nSPS) is 10.3. The Kier molecular flexibility index (Phi) is 7.24. The zero-order valence-electron chi connectivity index (χ0n) is 9.17. The van der Waals surface area contributed by atoms with E-state index < -0.39 is 0 Å². The lowest BCUT2D eigenvalue weighted by molar-refractivity contribution is 0.539. The number of aryl methyl sites for hydroxylation is 1. The summed E-state index contributed by atoms with van der Waals surface area (Å²) in [6.45, 7) is 8.84. The van der Waals surface area contributed by atoms with Crippen molar-refractivity contribution in [3.8, 4) is 0 Å². The van der Waals surface area contributed by atoms with E-state index in [2.05, 4.69) is 38.2 Å². The molecule has 1 aromatic heterocycles. The van der Waals surface area contributed by atoms with Gasteiger partial charge in [0.15, 0.2) is 0 Å². The van der Waals surface area contributed by atoms with Gasteiger partial charge in [0.25, 0.3) is 0 Å². The monoisotopic (exact) mass is 233 g/mol. The first-order chi connectivity index (χ1) is 6.18. The van der Waals surface area contributed by atoms with Gasteiger partial charge in [-0.25, -0.2) is 0 Å². The summed E-state index contributed by atoms with van der Waals surface area (Å²) in [5.41, 5.74) is 0. The van der Waals surface area contributed by atoms with E-state index in [1.807, 2.05) is 11.3 Å². The maximum Gasteiger partial charge on any atom is 0.0299 e. The van der Waals surface area contributed by atoms with Crippen LogP contribution in [0.25, 0.3) is 0 Å². The molecule has 0 amide bonds. The fourth-order valence-corrected chi connectivity index (χ4v) is 2.04. The fraction of sp³-hybridized carbons (Fsp3) is 0.636. The van der Waals surface area contributed by atoms with E-state index in [-0.39, 0.29) is 12.4 Å². The number of nitrogens with one attached hydrogen (secondary N) is 1. The predicted molar refractivity (Wildman–Crippen MR) is 67.5 cm³/mol. The van der Waals surface area contributed by atoms with Crippen LogP contribution in [-0.2, 0) is 6.54 Å². The second-order valence-corrected chi connectivity index (χ2v) is 5.24. The van der Waals surface area contributed by atoms with Gasteiger partial charge in [-0.1, -0.05) is 13.8 Å². The Hall–Kier alpha value is -0.0500. The molecular weight excluding hydrogens is 214 g/mol. The van der Waals surface area contributed by atoms with Crippen LogP contribution in [0.15, 0.2) is 12.1 Å². The molecule has 14 heavy (non-hydrogen) atoms. The van der Waals surface area contributed by atoms with Crippen LogP contribution < -0.4 is 5.32 Å². The highest BCUT2D eigenvalue weighted by Crippen LogP contribution is 2.14. The lowest BCUT2D eigenvalue weighted by Gasteiger charge is -2.05. The summed E-state index contributed by atoms with van der Waals surface area (Å²) in [5.74, 6) is 0.803. The van der Waals surface area contributed by atoms with Gasteiger partial charge in [0.1, 0.15) is 0 Å². The molecule has 0 saturated carbocycles. The SMILES string of the molecule is Cc1ccc(CNCCC(C)C)s1.Cl. The Morgan fingerprint density at radius 2 is 2.07 bits per heavy atom. The molecule has 0 aliphatic rings. The molecule has 0 fully saturated rings. The highest BCUT2D eigenvalue weighted by atomic mass is 35.5. The third-order valence-corrected chi connectivity index (χ3v) is 2.99. The van der Waals surface area contributed by atoms with Crippen molar-refractivity contribution in [3.63, 3.8) is 0 Å². The minimum Gasteiger partial charge on any atom is -0.312 e. The fourth-order valence-electron chi connectivity index (χ4n) is 1.18. The van der Waals surface area contributed by atoms with Gasteiger partial charge in [-0.05, 0) is 37.9 Å². The van der Waals surface area contributed by atoms with Crippen LogP contribution in [0.2, 0.25) is 0 Å². The third-order valence-electron chi connectivity index (χ3n) is 1.99. The van der Waals surface area contributed by atoms with Crippen LogP contribution in [0.1, 0.15) is 30.0 Å². The van der Waals surface area contributed by atoms with E-state index in [9.17, 15) is 0 Å². The second kappa shape index (κ2) is 7.27. The average Bonchev–Trinajstić information content (AvgIpc) is 2.45. The lowest BCUT2D eigenvalue weighted by Crippen LogP contribution is -2.15. The Balaban J connectivity index is 0.00000169. The molecule has 0 radical (unpaired) electrons. The van der Waals surface area contributed by atoms with E-state index in [1.54, 1.807) is 0 Å². The summed E-state index contributed by atoms with van der Waals surface area (Å²) in [4.78, 5) is 2.85. The molecule has 0 aliphatic carbocycles. The summed E-state index contributed by atoms with van der Waals surface area (Å²) >= 11 is 1.88. The molecule has 3 heteroatoms. The van der Waals surface area contributed by atoms with Crippen molar-refractivity contribution in [3.05, 3.63) is 21.9 Å². The molecule has 0 unspecified atom stereocenters. The molecule has 0 saturated heterocycles. The van der Waals surface area contributed by atoms with Gasteiger partial charge in [0, 0.05) is 16.3 Å². The van der Waals surface area contributed by atoms with E-state index >= 15 is 0 Å². The number of hydrogen-bond acceptors (Lipinski definition) is 2. The molecular formula is C11H20ClNS. The average molecular weight is 234 g/mol. The predicted octanol–water partition coefficient (Wildman–Crippen LogP) is 3.61. The number of thiophene rings is 1. The summed E-state index contributed by atoms with van der Waals surface area (Å²) < 4.78 is 0. The van der Waals surface area contributed by atoms with Crippen molar-refractivity contribution in [2.45, 2.75) is 33.7 Å². The van der Waals surface area contributed by atoms with Crippen molar-refractivity contribution >= 4 is 23.7 Å². The second-order valence-electron chi connectivity index (χ2n) is 3.87. The minimum atomic E-state index is 0.